The Bertz CT molecular complexity index is 593. The molecule has 0 bridgehead atoms. The van der Waals surface area contributed by atoms with E-state index in [0.29, 0.717) is 0 Å². The summed E-state index contributed by atoms with van der Waals surface area (Å²) in [6, 6.07) is 12.6. The molecule has 0 N–H and O–H groups in total. The first-order valence-electron chi connectivity index (χ1n) is 6.12. The summed E-state index contributed by atoms with van der Waals surface area (Å²) in [7, 11) is 0. The molecule has 2 rings (SSSR count). The van der Waals surface area contributed by atoms with Crippen molar-refractivity contribution in [3.8, 4) is 0 Å². The monoisotopic (exact) mass is 400 g/mol. The van der Waals surface area contributed by atoms with Gasteiger partial charge in [0.25, 0.3) is 0 Å². The zero-order chi connectivity index (χ0) is 14.0. The van der Waals surface area contributed by atoms with Crippen molar-refractivity contribution in [2.24, 2.45) is 0 Å². The van der Waals surface area contributed by atoms with Gasteiger partial charge in [0.05, 0.1) is 0 Å². The molecule has 0 fully saturated rings. The molecule has 0 heterocycles. The minimum Gasteiger partial charge on any atom is -0.0843 e. The van der Waals surface area contributed by atoms with Crippen molar-refractivity contribution < 1.29 is 0 Å². The highest BCUT2D eigenvalue weighted by Crippen LogP contribution is 2.34. The summed E-state index contributed by atoms with van der Waals surface area (Å²) in [4.78, 5) is 0.279. The summed E-state index contributed by atoms with van der Waals surface area (Å²) in [6.45, 7) is 4.29. The van der Waals surface area contributed by atoms with Crippen molar-refractivity contribution in [3.63, 3.8) is 0 Å². The number of aryl methyl sites for hydroxylation is 2. The normalized spacial score (nSPS) is 12.5. The molecule has 0 saturated heterocycles. The molecule has 0 radical (unpaired) electrons. The maximum atomic E-state index is 5.97. The number of rotatable bonds is 3. The van der Waals surface area contributed by atoms with Gasteiger partial charge >= 0.3 is 0 Å². The molecule has 0 aromatic heterocycles. The van der Waals surface area contributed by atoms with Crippen LogP contribution in [0.3, 0.4) is 0 Å². The Hall–Kier alpha value is -0.310. The van der Waals surface area contributed by atoms with E-state index < -0.39 is 0 Å². The highest BCUT2D eigenvalue weighted by molar-refractivity contribution is 9.11. The second-order valence-corrected chi connectivity index (χ2v) is 7.15. The van der Waals surface area contributed by atoms with Crippen LogP contribution in [0.2, 0.25) is 5.02 Å². The van der Waals surface area contributed by atoms with Crippen LogP contribution in [0, 0.1) is 13.8 Å². The van der Waals surface area contributed by atoms with E-state index in [4.69, 9.17) is 11.6 Å². The second-order valence-electron chi connectivity index (χ2n) is 4.76. The van der Waals surface area contributed by atoms with Crippen LogP contribution in [0.25, 0.3) is 0 Å². The number of alkyl halides is 1. The van der Waals surface area contributed by atoms with Crippen molar-refractivity contribution >= 4 is 43.5 Å². The second kappa shape index (κ2) is 6.43. The van der Waals surface area contributed by atoms with Gasteiger partial charge in [-0.05, 0) is 54.7 Å². The Labute approximate surface area is 136 Å². The van der Waals surface area contributed by atoms with Crippen molar-refractivity contribution in [2.45, 2.75) is 25.1 Å². The SMILES string of the molecule is Cc1ccc(CC(Br)c2ccc(Cl)cc2Br)cc1C. The summed E-state index contributed by atoms with van der Waals surface area (Å²) in [5.41, 5.74) is 5.24. The molecule has 0 saturated carbocycles. The van der Waals surface area contributed by atoms with Crippen molar-refractivity contribution in [1.29, 1.82) is 0 Å². The zero-order valence-corrected chi connectivity index (χ0v) is 14.8. The molecule has 0 aliphatic rings. The topological polar surface area (TPSA) is 0 Å². The third-order valence-electron chi connectivity index (χ3n) is 3.29. The molecule has 2 aromatic carbocycles. The Balaban J connectivity index is 2.20. The average molecular weight is 403 g/mol. The maximum absolute atomic E-state index is 5.97. The predicted octanol–water partition coefficient (Wildman–Crippen LogP) is 6.40. The van der Waals surface area contributed by atoms with E-state index in [0.717, 1.165) is 15.9 Å². The Morgan fingerprint density at radius 2 is 1.79 bits per heavy atom. The molecule has 2 aromatic rings. The lowest BCUT2D eigenvalue weighted by Gasteiger charge is -2.13. The summed E-state index contributed by atoms with van der Waals surface area (Å²) in [5, 5.41) is 0.751. The third kappa shape index (κ3) is 3.84. The van der Waals surface area contributed by atoms with Crippen LogP contribution < -0.4 is 0 Å². The number of hydrogen-bond donors (Lipinski definition) is 0. The summed E-state index contributed by atoms with van der Waals surface area (Å²) in [5.74, 6) is 0. The number of benzene rings is 2. The lowest BCUT2D eigenvalue weighted by atomic mass is 10.0. The Kier molecular flexibility index (Phi) is 5.10. The summed E-state index contributed by atoms with van der Waals surface area (Å²) < 4.78 is 1.05. The summed E-state index contributed by atoms with van der Waals surface area (Å²) in [6.07, 6.45) is 0.960. The van der Waals surface area contributed by atoms with Gasteiger partial charge in [-0.15, -0.1) is 0 Å². The maximum Gasteiger partial charge on any atom is 0.0446 e. The Morgan fingerprint density at radius 1 is 1.05 bits per heavy atom. The molecule has 0 aliphatic heterocycles. The smallest absolute Gasteiger partial charge is 0.0446 e. The molecule has 100 valence electrons. The molecule has 19 heavy (non-hydrogen) atoms. The van der Waals surface area contributed by atoms with Gasteiger partial charge in [-0.1, -0.05) is 67.7 Å². The van der Waals surface area contributed by atoms with E-state index in [2.05, 4.69) is 70.0 Å². The highest BCUT2D eigenvalue weighted by Gasteiger charge is 2.12. The predicted molar refractivity (Wildman–Crippen MR) is 90.4 cm³/mol. The van der Waals surface area contributed by atoms with E-state index in [1.807, 2.05) is 12.1 Å². The molecular weight excluding hydrogens is 387 g/mol. The Morgan fingerprint density at radius 3 is 2.42 bits per heavy atom. The standard InChI is InChI=1S/C16H15Br2Cl/c1-10-3-4-12(7-11(10)2)8-15(17)14-6-5-13(19)9-16(14)18/h3-7,9,15H,8H2,1-2H3. The first kappa shape index (κ1) is 15.1. The molecule has 0 spiro atoms. The fourth-order valence-electron chi connectivity index (χ4n) is 2.00. The minimum absolute atomic E-state index is 0.279. The fraction of sp³-hybridized carbons (Fsp3) is 0.250. The van der Waals surface area contributed by atoms with Crippen LogP contribution in [-0.4, -0.2) is 0 Å². The lowest BCUT2D eigenvalue weighted by molar-refractivity contribution is 0.940. The van der Waals surface area contributed by atoms with Crippen LogP contribution >= 0.6 is 43.5 Å². The van der Waals surface area contributed by atoms with Crippen LogP contribution in [0.5, 0.6) is 0 Å². The average Bonchev–Trinajstić information content (AvgIpc) is 2.33. The quantitative estimate of drug-likeness (QED) is 0.521. The molecule has 3 heteroatoms. The molecule has 1 unspecified atom stereocenters. The first-order valence-corrected chi connectivity index (χ1v) is 8.21. The molecule has 1 atom stereocenters. The van der Waals surface area contributed by atoms with E-state index >= 15 is 0 Å². The van der Waals surface area contributed by atoms with Gasteiger partial charge in [0.15, 0.2) is 0 Å². The van der Waals surface area contributed by atoms with E-state index in [1.54, 1.807) is 0 Å². The number of hydrogen-bond acceptors (Lipinski definition) is 0. The van der Waals surface area contributed by atoms with Crippen molar-refractivity contribution in [3.05, 3.63) is 68.1 Å². The first-order chi connectivity index (χ1) is 8.97. The highest BCUT2D eigenvalue weighted by atomic mass is 79.9. The van der Waals surface area contributed by atoms with Crippen molar-refractivity contribution in [1.82, 2.24) is 0 Å². The molecular formula is C16H15Br2Cl. The van der Waals surface area contributed by atoms with Gasteiger partial charge in [0.2, 0.25) is 0 Å². The largest absolute Gasteiger partial charge is 0.0843 e. The summed E-state index contributed by atoms with van der Waals surface area (Å²) >= 11 is 13.3. The van der Waals surface area contributed by atoms with Gasteiger partial charge < -0.3 is 0 Å². The molecule has 0 nitrogen and oxygen atoms in total. The van der Waals surface area contributed by atoms with E-state index in [-0.39, 0.29) is 4.83 Å². The molecule has 0 aliphatic carbocycles. The third-order valence-corrected chi connectivity index (χ3v) is 5.03. The molecule has 0 amide bonds. The van der Waals surface area contributed by atoms with Gasteiger partial charge in [0, 0.05) is 14.3 Å². The fourth-order valence-corrected chi connectivity index (χ4v) is 4.04. The minimum atomic E-state index is 0.279. The van der Waals surface area contributed by atoms with E-state index in [9.17, 15) is 0 Å². The van der Waals surface area contributed by atoms with Gasteiger partial charge in [-0.25, -0.2) is 0 Å². The van der Waals surface area contributed by atoms with Gasteiger partial charge in [0.1, 0.15) is 0 Å². The van der Waals surface area contributed by atoms with Gasteiger partial charge in [-0.2, -0.15) is 0 Å². The zero-order valence-electron chi connectivity index (χ0n) is 10.9. The lowest BCUT2D eigenvalue weighted by Crippen LogP contribution is -1.97. The van der Waals surface area contributed by atoms with Gasteiger partial charge in [-0.3, -0.25) is 0 Å². The van der Waals surface area contributed by atoms with Crippen molar-refractivity contribution in [2.75, 3.05) is 0 Å². The van der Waals surface area contributed by atoms with Crippen LogP contribution in [-0.2, 0) is 6.42 Å². The van der Waals surface area contributed by atoms with Crippen LogP contribution in [0.4, 0.5) is 0 Å². The van der Waals surface area contributed by atoms with E-state index in [1.165, 1.54) is 22.3 Å². The number of halogens is 3. The van der Waals surface area contributed by atoms with Crippen LogP contribution in [0.1, 0.15) is 27.1 Å². The van der Waals surface area contributed by atoms with Crippen LogP contribution in [0.15, 0.2) is 40.9 Å².